The van der Waals surface area contributed by atoms with Gasteiger partial charge in [-0.15, -0.1) is 0 Å². The van der Waals surface area contributed by atoms with Crippen molar-refractivity contribution in [2.45, 2.75) is 92.9 Å². The van der Waals surface area contributed by atoms with E-state index in [0.29, 0.717) is 25.7 Å². The van der Waals surface area contributed by atoms with Crippen LogP contribution >= 0.6 is 0 Å². The van der Waals surface area contributed by atoms with Crippen LogP contribution in [-0.4, -0.2) is 101 Å². The van der Waals surface area contributed by atoms with Crippen molar-refractivity contribution < 1.29 is 76.3 Å². The average Bonchev–Trinajstić information content (AvgIpc) is 3.19. The molecule has 0 bridgehead atoms. The van der Waals surface area contributed by atoms with Crippen molar-refractivity contribution in [3.05, 3.63) is 72.9 Å². The lowest BCUT2D eigenvalue weighted by atomic mass is 9.92. The fraction of sp³-hybridized carbons (Fsp3) is 0.545. The van der Waals surface area contributed by atoms with Gasteiger partial charge in [-0.3, -0.25) is 9.59 Å². The van der Waals surface area contributed by atoms with Gasteiger partial charge in [-0.1, -0.05) is 65.2 Å². The van der Waals surface area contributed by atoms with Gasteiger partial charge < -0.3 is 37.9 Å². The molecule has 0 aliphatic heterocycles. The van der Waals surface area contributed by atoms with Crippen molar-refractivity contribution in [3.63, 3.8) is 0 Å². The molecular weight excluding hydrogens is 784 g/mol. The Hall–Kier alpha value is -5.80. The molecule has 0 fully saturated rings. The maximum atomic E-state index is 12.8. The Kier molecular flexibility index (Phi) is 25.1. The maximum Gasteiger partial charge on any atom is 0.333 e. The number of carbonyl (C=O) groups excluding carboxylic acids is 8. The van der Waals surface area contributed by atoms with Crippen LogP contribution in [0, 0.1) is 10.8 Å². The molecule has 0 aliphatic carbocycles. The van der Waals surface area contributed by atoms with Crippen LogP contribution in [0.1, 0.15) is 92.9 Å². The quantitative estimate of drug-likeness (QED) is 0.0345. The van der Waals surface area contributed by atoms with Crippen LogP contribution in [0.3, 0.4) is 0 Å². The monoisotopic (exact) mass is 846 g/mol. The second-order valence-electron chi connectivity index (χ2n) is 15.1. The molecule has 0 rings (SSSR count). The number of carbonyl (C=O) groups is 8. The third kappa shape index (κ3) is 23.0. The van der Waals surface area contributed by atoms with Gasteiger partial charge in [-0.05, 0) is 54.4 Å². The first-order valence-corrected chi connectivity index (χ1v) is 19.2. The van der Waals surface area contributed by atoms with Crippen LogP contribution in [0.25, 0.3) is 0 Å². The molecule has 0 atom stereocenters. The van der Waals surface area contributed by atoms with E-state index in [2.05, 4.69) is 39.5 Å². The third-order valence-corrected chi connectivity index (χ3v) is 8.24. The first-order valence-electron chi connectivity index (χ1n) is 19.2. The molecular formula is C44H62O16. The van der Waals surface area contributed by atoms with Gasteiger partial charge in [0.15, 0.2) is 0 Å². The summed E-state index contributed by atoms with van der Waals surface area (Å²) in [6.45, 7) is 26.4. The molecule has 0 spiro atoms. The Bertz CT molecular complexity index is 1380. The van der Waals surface area contributed by atoms with Gasteiger partial charge in [-0.2, -0.15) is 0 Å². The first-order chi connectivity index (χ1) is 28.0. The summed E-state index contributed by atoms with van der Waals surface area (Å²) < 4.78 is 42.8. The summed E-state index contributed by atoms with van der Waals surface area (Å²) in [7, 11) is 0. The Morgan fingerprint density at radius 3 is 0.650 bits per heavy atom. The van der Waals surface area contributed by atoms with E-state index in [1.807, 2.05) is 0 Å². The van der Waals surface area contributed by atoms with Gasteiger partial charge in [0.1, 0.15) is 63.7 Å². The highest BCUT2D eigenvalue weighted by Crippen LogP contribution is 2.25. The molecule has 0 radical (unpaired) electrons. The van der Waals surface area contributed by atoms with Crippen molar-refractivity contribution in [3.8, 4) is 0 Å². The molecule has 60 heavy (non-hydrogen) atoms. The minimum Gasteiger partial charge on any atom is -0.465 e. The lowest BCUT2D eigenvalue weighted by Crippen LogP contribution is -2.44. The lowest BCUT2D eigenvalue weighted by Gasteiger charge is -2.31. The van der Waals surface area contributed by atoms with Crippen LogP contribution in [0.15, 0.2) is 72.9 Å². The van der Waals surface area contributed by atoms with Crippen LogP contribution in [-0.2, 0) is 76.3 Å². The molecule has 0 amide bonds. The molecule has 0 aromatic heterocycles. The SMILES string of the molecule is C=C(C)C(=O)OCC(COC(=O)CCCCCCCCC(=O)OCC(COC(=O)C(=C)C)(COC(=O)C(=C)C)COC(=O)C(=C)C)(COC(=O)C(=C)C)COC(=O)C(=C)C. The first kappa shape index (κ1) is 54.2. The molecule has 334 valence electrons. The van der Waals surface area contributed by atoms with Crippen LogP contribution in [0.2, 0.25) is 0 Å². The van der Waals surface area contributed by atoms with E-state index in [1.165, 1.54) is 41.5 Å². The Labute approximate surface area is 352 Å². The molecule has 0 unspecified atom stereocenters. The van der Waals surface area contributed by atoms with Crippen molar-refractivity contribution in [2.75, 3.05) is 52.9 Å². The second kappa shape index (κ2) is 27.8. The number of esters is 8. The fourth-order valence-electron chi connectivity index (χ4n) is 4.41. The summed E-state index contributed by atoms with van der Waals surface area (Å²) in [5.41, 5.74) is -2.34. The minimum atomic E-state index is -1.45. The number of ether oxygens (including phenoxy) is 8. The number of hydrogen-bond donors (Lipinski definition) is 0. The summed E-state index contributed by atoms with van der Waals surface area (Å²) in [4.78, 5) is 98.8. The third-order valence-electron chi connectivity index (χ3n) is 8.24. The molecule has 16 heteroatoms. The zero-order valence-electron chi connectivity index (χ0n) is 36.1. The summed E-state index contributed by atoms with van der Waals surface area (Å²) in [5, 5.41) is 0. The zero-order valence-corrected chi connectivity index (χ0v) is 36.1. The molecule has 0 N–H and O–H groups in total. The molecule has 0 aliphatic rings. The average molecular weight is 847 g/mol. The summed E-state index contributed by atoms with van der Waals surface area (Å²) >= 11 is 0. The summed E-state index contributed by atoms with van der Waals surface area (Å²) in [5.74, 6) is -5.67. The van der Waals surface area contributed by atoms with Crippen molar-refractivity contribution >= 4 is 47.8 Å². The molecule has 0 heterocycles. The Morgan fingerprint density at radius 1 is 0.300 bits per heavy atom. The Morgan fingerprint density at radius 2 is 0.467 bits per heavy atom. The topological polar surface area (TPSA) is 210 Å². The maximum absolute atomic E-state index is 12.8. The molecule has 0 aromatic carbocycles. The fourth-order valence-corrected chi connectivity index (χ4v) is 4.41. The van der Waals surface area contributed by atoms with Crippen molar-refractivity contribution in [1.82, 2.24) is 0 Å². The predicted molar refractivity (Wildman–Crippen MR) is 218 cm³/mol. The molecule has 0 saturated carbocycles. The van der Waals surface area contributed by atoms with E-state index in [-0.39, 0.29) is 46.3 Å². The number of unbranched alkanes of at least 4 members (excludes halogenated alkanes) is 5. The summed E-state index contributed by atoms with van der Waals surface area (Å²) in [6.07, 6.45) is 3.80. The smallest absolute Gasteiger partial charge is 0.333 e. The second-order valence-corrected chi connectivity index (χ2v) is 15.1. The van der Waals surface area contributed by atoms with Gasteiger partial charge in [0.25, 0.3) is 0 Å². The van der Waals surface area contributed by atoms with Gasteiger partial charge in [0, 0.05) is 46.3 Å². The summed E-state index contributed by atoms with van der Waals surface area (Å²) in [6, 6.07) is 0. The van der Waals surface area contributed by atoms with Gasteiger partial charge in [0.2, 0.25) is 0 Å². The minimum absolute atomic E-state index is 0.0395. The van der Waals surface area contributed by atoms with E-state index < -0.39 is 111 Å². The van der Waals surface area contributed by atoms with Crippen LogP contribution in [0.4, 0.5) is 0 Å². The van der Waals surface area contributed by atoms with E-state index >= 15 is 0 Å². The highest BCUT2D eigenvalue weighted by Gasteiger charge is 2.39. The molecule has 0 saturated heterocycles. The van der Waals surface area contributed by atoms with E-state index in [1.54, 1.807) is 0 Å². The van der Waals surface area contributed by atoms with E-state index in [4.69, 9.17) is 37.9 Å². The van der Waals surface area contributed by atoms with Crippen molar-refractivity contribution in [2.24, 2.45) is 10.8 Å². The molecule has 0 aromatic rings. The van der Waals surface area contributed by atoms with Gasteiger partial charge >= 0.3 is 47.8 Å². The normalized spacial score (nSPS) is 10.8. The van der Waals surface area contributed by atoms with Crippen molar-refractivity contribution in [1.29, 1.82) is 0 Å². The highest BCUT2D eigenvalue weighted by atomic mass is 16.6. The van der Waals surface area contributed by atoms with Crippen LogP contribution in [0.5, 0.6) is 0 Å². The molecule has 16 nitrogen and oxygen atoms in total. The standard InChI is InChI=1S/C44H62O16/c1-29(2)37(47)55-23-43(24-56-38(48)30(3)4,25-57-39(49)31(5)6)21-53-35(45)19-17-15-13-14-16-18-20-36(46)54-22-44(26-58-40(50)32(7)8,27-59-41(51)33(9)10)28-60-42(52)34(11)12/h1,3,5,7,9,11,13-28H2,2,4,6,8,10,12H3. The van der Waals surface area contributed by atoms with E-state index in [0.717, 1.165) is 12.8 Å². The van der Waals surface area contributed by atoms with Gasteiger partial charge in [0.05, 0.1) is 0 Å². The zero-order chi connectivity index (χ0) is 46.1. The van der Waals surface area contributed by atoms with Gasteiger partial charge in [-0.25, -0.2) is 28.8 Å². The lowest BCUT2D eigenvalue weighted by molar-refractivity contribution is -0.170. The highest BCUT2D eigenvalue weighted by molar-refractivity contribution is 5.89. The number of rotatable bonds is 31. The Balaban J connectivity index is 5.26. The van der Waals surface area contributed by atoms with Crippen LogP contribution < -0.4 is 0 Å². The predicted octanol–water partition coefficient (Wildman–Crippen LogP) is 5.88. The van der Waals surface area contributed by atoms with E-state index in [9.17, 15) is 38.4 Å². The number of hydrogen-bond acceptors (Lipinski definition) is 16. The largest absolute Gasteiger partial charge is 0.465 e.